The van der Waals surface area contributed by atoms with Crippen LogP contribution in [-0.4, -0.2) is 41.8 Å². The summed E-state index contributed by atoms with van der Waals surface area (Å²) in [5, 5.41) is 10.8. The number of pyridine rings is 2. The van der Waals surface area contributed by atoms with E-state index in [9.17, 15) is 8.42 Å². The highest BCUT2D eigenvalue weighted by Gasteiger charge is 2.17. The number of aromatic amines is 1. The number of benzene rings is 1. The lowest BCUT2D eigenvalue weighted by Crippen LogP contribution is -2.22. The highest BCUT2D eigenvalue weighted by molar-refractivity contribution is 7.89. The molecule has 0 atom stereocenters. The van der Waals surface area contributed by atoms with Gasteiger partial charge in [0, 0.05) is 36.6 Å². The number of fused-ring (bicyclic) bond motifs is 3. The van der Waals surface area contributed by atoms with Crippen LogP contribution in [0, 0.1) is 11.3 Å². The monoisotopic (exact) mass is 377 g/mol. The molecular formula is C19H15N5O2S. The number of nitrogens with one attached hydrogen (secondary N) is 1. The van der Waals surface area contributed by atoms with E-state index < -0.39 is 10.0 Å². The standard InChI is InChI=1S/C19H15N5O2S/c1-24(2)27(25,26)15-5-3-12(4-6-15)13-7-17-16-8-14(9-20)21-11-18(16)23-19(17)22-10-13/h3-8,10-11H,1-2H3,(H,22,23). The van der Waals surface area contributed by atoms with Crippen molar-refractivity contribution in [2.45, 2.75) is 4.90 Å². The minimum Gasteiger partial charge on any atom is -0.338 e. The molecule has 0 aliphatic heterocycles. The Bertz CT molecular complexity index is 1320. The zero-order valence-corrected chi connectivity index (χ0v) is 15.4. The average molecular weight is 377 g/mol. The Morgan fingerprint density at radius 1 is 1.00 bits per heavy atom. The Morgan fingerprint density at radius 3 is 2.41 bits per heavy atom. The quantitative estimate of drug-likeness (QED) is 0.591. The van der Waals surface area contributed by atoms with E-state index in [1.54, 1.807) is 42.7 Å². The van der Waals surface area contributed by atoms with Gasteiger partial charge in [0.15, 0.2) is 0 Å². The van der Waals surface area contributed by atoms with Crippen LogP contribution in [0.25, 0.3) is 33.1 Å². The molecule has 27 heavy (non-hydrogen) atoms. The highest BCUT2D eigenvalue weighted by Crippen LogP contribution is 2.29. The van der Waals surface area contributed by atoms with Crippen molar-refractivity contribution < 1.29 is 8.42 Å². The highest BCUT2D eigenvalue weighted by atomic mass is 32.2. The number of hydrogen-bond acceptors (Lipinski definition) is 5. The van der Waals surface area contributed by atoms with Gasteiger partial charge in [-0.2, -0.15) is 5.26 Å². The van der Waals surface area contributed by atoms with E-state index >= 15 is 0 Å². The smallest absolute Gasteiger partial charge is 0.242 e. The number of H-pyrrole nitrogens is 1. The molecule has 4 rings (SSSR count). The normalized spacial score (nSPS) is 11.9. The Balaban J connectivity index is 1.82. The topological polar surface area (TPSA) is 103 Å². The van der Waals surface area contributed by atoms with Crippen molar-refractivity contribution in [2.75, 3.05) is 14.1 Å². The fraction of sp³-hybridized carbons (Fsp3) is 0.105. The summed E-state index contributed by atoms with van der Waals surface area (Å²) in [6.07, 6.45) is 3.35. The number of aromatic nitrogens is 3. The average Bonchev–Trinajstić information content (AvgIpc) is 3.04. The molecule has 8 heteroatoms. The molecule has 4 aromatic rings. The maximum absolute atomic E-state index is 12.2. The second-order valence-electron chi connectivity index (χ2n) is 6.28. The molecule has 3 aromatic heterocycles. The van der Waals surface area contributed by atoms with Crippen LogP contribution in [0.1, 0.15) is 5.69 Å². The van der Waals surface area contributed by atoms with E-state index in [4.69, 9.17) is 5.26 Å². The lowest BCUT2D eigenvalue weighted by atomic mass is 10.1. The third-order valence-electron chi connectivity index (χ3n) is 4.42. The van der Waals surface area contributed by atoms with Crippen LogP contribution in [-0.2, 0) is 10.0 Å². The van der Waals surface area contributed by atoms with E-state index in [-0.39, 0.29) is 4.90 Å². The summed E-state index contributed by atoms with van der Waals surface area (Å²) in [5.41, 5.74) is 3.56. The molecule has 0 saturated carbocycles. The third kappa shape index (κ3) is 2.83. The first-order chi connectivity index (χ1) is 12.9. The van der Waals surface area contributed by atoms with Crippen molar-refractivity contribution >= 4 is 32.0 Å². The molecule has 0 spiro atoms. The van der Waals surface area contributed by atoms with Gasteiger partial charge >= 0.3 is 0 Å². The van der Waals surface area contributed by atoms with Crippen LogP contribution >= 0.6 is 0 Å². The van der Waals surface area contributed by atoms with Gasteiger partial charge in [-0.05, 0) is 29.8 Å². The van der Waals surface area contributed by atoms with Crippen molar-refractivity contribution in [2.24, 2.45) is 0 Å². The molecule has 0 radical (unpaired) electrons. The van der Waals surface area contributed by atoms with E-state index in [1.807, 2.05) is 12.1 Å². The summed E-state index contributed by atoms with van der Waals surface area (Å²) >= 11 is 0. The van der Waals surface area contributed by atoms with Gasteiger partial charge in [-0.1, -0.05) is 12.1 Å². The van der Waals surface area contributed by atoms with Gasteiger partial charge in [-0.25, -0.2) is 22.7 Å². The van der Waals surface area contributed by atoms with E-state index in [0.29, 0.717) is 11.3 Å². The van der Waals surface area contributed by atoms with Crippen LogP contribution in [0.2, 0.25) is 0 Å². The maximum atomic E-state index is 12.2. The predicted molar refractivity (Wildman–Crippen MR) is 102 cm³/mol. The van der Waals surface area contributed by atoms with E-state index in [0.717, 1.165) is 27.4 Å². The van der Waals surface area contributed by atoms with Crippen LogP contribution < -0.4 is 0 Å². The first-order valence-corrected chi connectivity index (χ1v) is 9.55. The fourth-order valence-electron chi connectivity index (χ4n) is 2.92. The summed E-state index contributed by atoms with van der Waals surface area (Å²) < 4.78 is 25.6. The van der Waals surface area contributed by atoms with Crippen LogP contribution in [0.5, 0.6) is 0 Å². The maximum Gasteiger partial charge on any atom is 0.242 e. The molecule has 7 nitrogen and oxygen atoms in total. The van der Waals surface area contributed by atoms with Gasteiger partial charge in [0.25, 0.3) is 0 Å². The Labute approximate surface area is 156 Å². The lowest BCUT2D eigenvalue weighted by molar-refractivity contribution is 0.521. The van der Waals surface area contributed by atoms with Crippen LogP contribution in [0.4, 0.5) is 0 Å². The van der Waals surface area contributed by atoms with Crippen molar-refractivity contribution in [3.8, 4) is 17.2 Å². The van der Waals surface area contributed by atoms with Crippen LogP contribution in [0.15, 0.2) is 53.7 Å². The molecule has 134 valence electrons. The summed E-state index contributed by atoms with van der Waals surface area (Å²) in [7, 11) is -0.458. The molecule has 1 N–H and O–H groups in total. The fourth-order valence-corrected chi connectivity index (χ4v) is 3.83. The van der Waals surface area contributed by atoms with Crippen molar-refractivity contribution in [1.29, 1.82) is 5.26 Å². The zero-order valence-electron chi connectivity index (χ0n) is 14.6. The van der Waals surface area contributed by atoms with E-state index in [1.165, 1.54) is 18.4 Å². The molecule has 0 saturated heterocycles. The van der Waals surface area contributed by atoms with Gasteiger partial charge in [0.1, 0.15) is 17.4 Å². The minimum absolute atomic E-state index is 0.238. The molecule has 0 amide bonds. The Hall–Kier alpha value is -3.28. The molecule has 0 fully saturated rings. The molecule has 0 aliphatic carbocycles. The van der Waals surface area contributed by atoms with Gasteiger partial charge in [0.2, 0.25) is 10.0 Å². The first kappa shape index (κ1) is 17.1. The minimum atomic E-state index is -3.46. The van der Waals surface area contributed by atoms with Gasteiger partial charge < -0.3 is 4.98 Å². The number of sulfonamides is 1. The molecule has 0 bridgehead atoms. The number of hydrogen-bond donors (Lipinski definition) is 1. The number of nitriles is 1. The van der Waals surface area contributed by atoms with Crippen LogP contribution in [0.3, 0.4) is 0 Å². The lowest BCUT2D eigenvalue weighted by Gasteiger charge is -2.11. The van der Waals surface area contributed by atoms with Crippen molar-refractivity contribution in [1.82, 2.24) is 19.3 Å². The second-order valence-corrected chi connectivity index (χ2v) is 8.44. The Morgan fingerprint density at radius 2 is 1.74 bits per heavy atom. The number of rotatable bonds is 3. The van der Waals surface area contributed by atoms with Crippen molar-refractivity contribution in [3.05, 3.63) is 54.5 Å². The molecule has 3 heterocycles. The summed E-state index contributed by atoms with van der Waals surface area (Å²) in [5.74, 6) is 0. The van der Waals surface area contributed by atoms with Gasteiger partial charge in [-0.15, -0.1) is 0 Å². The summed E-state index contributed by atoms with van der Waals surface area (Å²) in [6, 6.07) is 12.4. The Kier molecular flexibility index (Phi) is 3.91. The first-order valence-electron chi connectivity index (χ1n) is 8.11. The molecule has 0 unspecified atom stereocenters. The van der Waals surface area contributed by atoms with Gasteiger partial charge in [-0.3, -0.25) is 0 Å². The predicted octanol–water partition coefficient (Wildman–Crippen LogP) is 2.90. The van der Waals surface area contributed by atoms with E-state index in [2.05, 4.69) is 15.0 Å². The molecule has 0 aliphatic rings. The SMILES string of the molecule is CN(C)S(=O)(=O)c1ccc(-c2cnc3[nH]c4cnc(C#N)cc4c3c2)cc1. The summed E-state index contributed by atoms with van der Waals surface area (Å²) in [6.45, 7) is 0. The summed E-state index contributed by atoms with van der Waals surface area (Å²) in [4.78, 5) is 11.9. The number of nitrogens with zero attached hydrogens (tertiary/aromatic N) is 4. The largest absolute Gasteiger partial charge is 0.338 e. The van der Waals surface area contributed by atoms with Crippen molar-refractivity contribution in [3.63, 3.8) is 0 Å². The second kappa shape index (κ2) is 6.16. The van der Waals surface area contributed by atoms with Gasteiger partial charge in [0.05, 0.1) is 16.6 Å². The third-order valence-corrected chi connectivity index (χ3v) is 6.24. The molecule has 1 aromatic carbocycles. The molecular weight excluding hydrogens is 362 g/mol. The zero-order chi connectivity index (χ0) is 19.2.